The molecule has 2 N–H and O–H groups in total. The highest BCUT2D eigenvalue weighted by Gasteiger charge is 2.37. The van der Waals surface area contributed by atoms with Crippen LogP contribution in [0.4, 0.5) is 17.6 Å². The maximum absolute atomic E-state index is 13.6. The lowest BCUT2D eigenvalue weighted by molar-refractivity contribution is -0.138. The first kappa shape index (κ1) is 25.7. The van der Waals surface area contributed by atoms with Gasteiger partial charge in [-0.05, 0) is 30.3 Å². The third-order valence-electron chi connectivity index (χ3n) is 5.75. The fraction of sp³-hybridized carbons (Fsp3) is 0.250. The Kier molecular flexibility index (Phi) is 7.14. The number of alkyl halides is 3. The minimum Gasteiger partial charge on any atom is -0.507 e. The van der Waals surface area contributed by atoms with Gasteiger partial charge in [-0.2, -0.15) is 13.2 Å². The monoisotopic (exact) mass is 520 g/mol. The first-order valence-electron chi connectivity index (χ1n) is 11.0. The molecule has 1 aliphatic heterocycles. The van der Waals surface area contributed by atoms with Gasteiger partial charge in [-0.15, -0.1) is 0 Å². The number of benzene rings is 2. The summed E-state index contributed by atoms with van der Waals surface area (Å²) < 4.78 is 58.4. The molecular formula is C24H20F4N4O5. The molecule has 0 bridgehead atoms. The Morgan fingerprint density at radius 1 is 1.00 bits per heavy atom. The standard InChI is InChI=1S/C24H20F4N4O5/c25-14-5-6-17(24(26,27)28)16(11-14)23(36)32-9-7-31(8-10-32)21(34)13-29-22(35)18-12-20(37-30-18)15-3-1-2-4-19(15)33/h1-6,11-12,33H,7-10,13H2,(H,29,35). The van der Waals surface area contributed by atoms with Crippen molar-refractivity contribution < 1.29 is 41.6 Å². The number of nitrogens with one attached hydrogen (secondary N) is 1. The molecule has 1 fully saturated rings. The second-order valence-corrected chi connectivity index (χ2v) is 8.14. The van der Waals surface area contributed by atoms with Crippen molar-refractivity contribution in [1.82, 2.24) is 20.3 Å². The summed E-state index contributed by atoms with van der Waals surface area (Å²) in [4.78, 5) is 40.0. The summed E-state index contributed by atoms with van der Waals surface area (Å²) in [5.74, 6) is -3.04. The van der Waals surface area contributed by atoms with Gasteiger partial charge >= 0.3 is 6.18 Å². The summed E-state index contributed by atoms with van der Waals surface area (Å²) in [6.07, 6.45) is -4.83. The molecule has 1 aliphatic rings. The van der Waals surface area contributed by atoms with E-state index in [4.69, 9.17) is 4.52 Å². The summed E-state index contributed by atoms with van der Waals surface area (Å²) in [6, 6.07) is 9.30. The zero-order chi connectivity index (χ0) is 26.7. The second kappa shape index (κ2) is 10.3. The quantitative estimate of drug-likeness (QED) is 0.500. The number of phenolic OH excluding ortho intramolecular Hbond substituents is 1. The van der Waals surface area contributed by atoms with Crippen molar-refractivity contribution >= 4 is 17.7 Å². The number of para-hydroxylation sites is 1. The molecule has 194 valence electrons. The van der Waals surface area contributed by atoms with Crippen molar-refractivity contribution in [3.8, 4) is 17.1 Å². The lowest BCUT2D eigenvalue weighted by Gasteiger charge is -2.35. The predicted octanol–water partition coefficient (Wildman–Crippen LogP) is 2.92. The average molecular weight is 520 g/mol. The van der Waals surface area contributed by atoms with Gasteiger partial charge in [0.25, 0.3) is 11.8 Å². The van der Waals surface area contributed by atoms with Gasteiger partial charge in [0.1, 0.15) is 11.6 Å². The van der Waals surface area contributed by atoms with Crippen LogP contribution in [0.15, 0.2) is 53.1 Å². The van der Waals surface area contributed by atoms with Crippen LogP contribution in [-0.4, -0.2) is 70.5 Å². The Labute approximate surface area is 207 Å². The summed E-state index contributed by atoms with van der Waals surface area (Å²) in [5, 5.41) is 15.9. The molecule has 0 aliphatic carbocycles. The Hall–Kier alpha value is -4.42. The zero-order valence-corrected chi connectivity index (χ0v) is 19.1. The van der Waals surface area contributed by atoms with E-state index in [2.05, 4.69) is 10.5 Å². The molecule has 0 spiro atoms. The average Bonchev–Trinajstić information content (AvgIpc) is 3.36. The van der Waals surface area contributed by atoms with Crippen molar-refractivity contribution in [2.45, 2.75) is 6.18 Å². The van der Waals surface area contributed by atoms with Gasteiger partial charge in [-0.1, -0.05) is 17.3 Å². The van der Waals surface area contributed by atoms with Crippen LogP contribution in [0.1, 0.15) is 26.4 Å². The van der Waals surface area contributed by atoms with E-state index in [9.17, 15) is 37.1 Å². The fourth-order valence-corrected chi connectivity index (χ4v) is 3.82. The van der Waals surface area contributed by atoms with Crippen LogP contribution in [0.25, 0.3) is 11.3 Å². The summed E-state index contributed by atoms with van der Waals surface area (Å²) in [5.41, 5.74) is -1.82. The molecule has 0 radical (unpaired) electrons. The number of aromatic nitrogens is 1. The van der Waals surface area contributed by atoms with Gasteiger partial charge in [0.2, 0.25) is 5.91 Å². The van der Waals surface area contributed by atoms with Crippen LogP contribution in [-0.2, 0) is 11.0 Å². The van der Waals surface area contributed by atoms with Crippen LogP contribution in [0.2, 0.25) is 0 Å². The zero-order valence-electron chi connectivity index (χ0n) is 19.1. The van der Waals surface area contributed by atoms with Gasteiger partial charge in [0.15, 0.2) is 11.5 Å². The Morgan fingerprint density at radius 2 is 1.68 bits per heavy atom. The number of halogens is 4. The van der Waals surface area contributed by atoms with Gasteiger partial charge < -0.3 is 24.7 Å². The lowest BCUT2D eigenvalue weighted by Crippen LogP contribution is -2.52. The minimum atomic E-state index is -4.83. The molecule has 13 heteroatoms. The molecule has 37 heavy (non-hydrogen) atoms. The molecule has 1 saturated heterocycles. The highest BCUT2D eigenvalue weighted by atomic mass is 19.4. The maximum Gasteiger partial charge on any atom is 0.417 e. The first-order valence-corrected chi connectivity index (χ1v) is 11.0. The molecule has 2 aromatic carbocycles. The molecular weight excluding hydrogens is 500 g/mol. The normalized spacial score (nSPS) is 13.9. The Bertz CT molecular complexity index is 1330. The molecule has 3 aromatic rings. The van der Waals surface area contributed by atoms with Crippen molar-refractivity contribution in [3.63, 3.8) is 0 Å². The minimum absolute atomic E-state index is 0.0124. The van der Waals surface area contributed by atoms with Crippen LogP contribution in [0, 0.1) is 5.82 Å². The summed E-state index contributed by atoms with van der Waals surface area (Å²) in [6.45, 7) is -0.510. The van der Waals surface area contributed by atoms with Gasteiger partial charge in [-0.25, -0.2) is 4.39 Å². The number of amides is 3. The molecule has 0 atom stereocenters. The van der Waals surface area contributed by atoms with Crippen LogP contribution in [0.5, 0.6) is 5.75 Å². The van der Waals surface area contributed by atoms with E-state index in [-0.39, 0.29) is 43.4 Å². The maximum atomic E-state index is 13.6. The van der Waals surface area contributed by atoms with Crippen LogP contribution in [0.3, 0.4) is 0 Å². The fourth-order valence-electron chi connectivity index (χ4n) is 3.82. The number of hydrogen-bond acceptors (Lipinski definition) is 6. The molecule has 0 unspecified atom stereocenters. The first-order chi connectivity index (χ1) is 17.5. The van der Waals surface area contributed by atoms with Gasteiger partial charge in [0.05, 0.1) is 23.2 Å². The summed E-state index contributed by atoms with van der Waals surface area (Å²) >= 11 is 0. The van der Waals surface area contributed by atoms with E-state index in [0.29, 0.717) is 23.8 Å². The van der Waals surface area contributed by atoms with Crippen molar-refractivity contribution in [3.05, 3.63) is 71.2 Å². The van der Waals surface area contributed by atoms with Gasteiger partial charge in [0, 0.05) is 32.2 Å². The second-order valence-electron chi connectivity index (χ2n) is 8.14. The Morgan fingerprint density at radius 3 is 2.35 bits per heavy atom. The number of carbonyl (C=O) groups is 3. The largest absolute Gasteiger partial charge is 0.507 e. The predicted molar refractivity (Wildman–Crippen MR) is 120 cm³/mol. The van der Waals surface area contributed by atoms with E-state index in [1.54, 1.807) is 18.2 Å². The van der Waals surface area contributed by atoms with Crippen molar-refractivity contribution in [2.24, 2.45) is 0 Å². The van der Waals surface area contributed by atoms with Crippen molar-refractivity contribution in [2.75, 3.05) is 32.7 Å². The molecule has 1 aromatic heterocycles. The molecule has 4 rings (SSSR count). The third-order valence-corrected chi connectivity index (χ3v) is 5.75. The number of piperazine rings is 1. The number of rotatable bonds is 5. The highest BCUT2D eigenvalue weighted by molar-refractivity contribution is 5.97. The van der Waals surface area contributed by atoms with Gasteiger partial charge in [-0.3, -0.25) is 14.4 Å². The topological polar surface area (TPSA) is 116 Å². The number of phenols is 1. The number of carbonyl (C=O) groups excluding carboxylic acids is 3. The smallest absolute Gasteiger partial charge is 0.417 e. The third kappa shape index (κ3) is 5.71. The molecule has 2 heterocycles. The molecule has 9 nitrogen and oxygen atoms in total. The molecule has 3 amide bonds. The number of aromatic hydroxyl groups is 1. The van der Waals surface area contributed by atoms with Crippen molar-refractivity contribution in [1.29, 1.82) is 0 Å². The van der Waals surface area contributed by atoms with E-state index in [1.165, 1.54) is 17.0 Å². The van der Waals surface area contributed by atoms with Crippen LogP contribution < -0.4 is 5.32 Å². The lowest BCUT2D eigenvalue weighted by atomic mass is 10.0. The summed E-state index contributed by atoms with van der Waals surface area (Å²) in [7, 11) is 0. The molecule has 0 saturated carbocycles. The SMILES string of the molecule is O=C(NCC(=O)N1CCN(C(=O)c2cc(F)ccc2C(F)(F)F)CC1)c1cc(-c2ccccc2O)on1. The number of hydrogen-bond donors (Lipinski definition) is 2. The number of nitrogens with zero attached hydrogens (tertiary/aromatic N) is 3. The van der Waals surface area contributed by atoms with E-state index in [0.717, 1.165) is 4.90 Å². The Balaban J connectivity index is 1.31. The van der Waals surface area contributed by atoms with E-state index < -0.39 is 47.4 Å². The van der Waals surface area contributed by atoms with Crippen LogP contribution >= 0.6 is 0 Å². The highest BCUT2D eigenvalue weighted by Crippen LogP contribution is 2.33. The van der Waals surface area contributed by atoms with E-state index in [1.807, 2.05) is 0 Å². The van der Waals surface area contributed by atoms with E-state index >= 15 is 0 Å².